The van der Waals surface area contributed by atoms with Crippen molar-refractivity contribution in [2.75, 3.05) is 19.9 Å². The molecule has 1 unspecified atom stereocenters. The van der Waals surface area contributed by atoms with E-state index in [-0.39, 0.29) is 36.2 Å². The Labute approximate surface area is 269 Å². The summed E-state index contributed by atoms with van der Waals surface area (Å²) in [6.07, 6.45) is 0.557. The van der Waals surface area contributed by atoms with Crippen molar-refractivity contribution in [1.82, 2.24) is 4.90 Å². The van der Waals surface area contributed by atoms with Crippen molar-refractivity contribution in [2.24, 2.45) is 5.41 Å². The summed E-state index contributed by atoms with van der Waals surface area (Å²) >= 11 is 6.63. The summed E-state index contributed by atoms with van der Waals surface area (Å²) in [6.45, 7) is 22.7. The van der Waals surface area contributed by atoms with E-state index in [0.717, 1.165) is 17.2 Å². The lowest BCUT2D eigenvalue weighted by molar-refractivity contribution is -0.191. The van der Waals surface area contributed by atoms with Gasteiger partial charge in [0.1, 0.15) is 11.4 Å². The van der Waals surface area contributed by atoms with Gasteiger partial charge in [0.2, 0.25) is 5.91 Å². The largest absolute Gasteiger partial charge is 0.468 e. The number of hydrogen-bond acceptors (Lipinski definition) is 7. The van der Waals surface area contributed by atoms with Crippen LogP contribution in [0.1, 0.15) is 82.3 Å². The Bertz CT molecular complexity index is 1260. The van der Waals surface area contributed by atoms with Gasteiger partial charge in [-0.1, -0.05) is 77.1 Å². The number of hydrogen-bond donors (Lipinski definition) is 0. The number of benzene rings is 2. The van der Waals surface area contributed by atoms with Crippen LogP contribution >= 0.6 is 11.6 Å². The smallest absolute Gasteiger partial charge is 0.373 e. The van der Waals surface area contributed by atoms with Gasteiger partial charge in [-0.3, -0.25) is 4.79 Å². The van der Waals surface area contributed by atoms with E-state index in [1.165, 1.54) is 0 Å². The first-order valence-electron chi connectivity index (χ1n) is 14.8. The molecule has 2 rings (SSSR count). The normalized spacial score (nSPS) is 12.3. The standard InChI is InChI=1S/C33H50ClNO5Si.CO2/c1-24(28-15-14-27(20-29(28)34)39-23-38-16-17-41(8,9)10)18-30(36)35(22-32(2,3)4)21-25-12-11-13-26(19-25)31(37)40-33(5,6)7;2-1-3/h11-15,19-20,24H,16-18,21-23H2,1-10H3;. The molecule has 244 valence electrons. The summed E-state index contributed by atoms with van der Waals surface area (Å²) in [5.41, 5.74) is 1.57. The van der Waals surface area contributed by atoms with Crippen LogP contribution in [0.3, 0.4) is 0 Å². The minimum Gasteiger partial charge on any atom is -0.468 e. The molecule has 0 aliphatic carbocycles. The third kappa shape index (κ3) is 16.2. The second kappa shape index (κ2) is 17.5. The Kier molecular flexibility index (Phi) is 15.5. The van der Waals surface area contributed by atoms with Gasteiger partial charge >= 0.3 is 12.1 Å². The number of nitrogens with zero attached hydrogens (tertiary/aromatic N) is 1. The first kappa shape index (κ1) is 39.1. The van der Waals surface area contributed by atoms with Crippen LogP contribution in [0.25, 0.3) is 0 Å². The predicted molar refractivity (Wildman–Crippen MR) is 176 cm³/mol. The fraction of sp³-hybridized carbons (Fsp3) is 0.559. The average molecular weight is 648 g/mol. The highest BCUT2D eigenvalue weighted by Crippen LogP contribution is 2.31. The Balaban J connectivity index is 0.00000309. The maximum Gasteiger partial charge on any atom is 0.373 e. The zero-order chi connectivity index (χ0) is 33.7. The van der Waals surface area contributed by atoms with Crippen molar-refractivity contribution < 1.29 is 33.4 Å². The van der Waals surface area contributed by atoms with Gasteiger partial charge < -0.3 is 19.1 Å². The second-order valence-electron chi connectivity index (χ2n) is 14.4. The Morgan fingerprint density at radius 3 is 2.18 bits per heavy atom. The molecule has 0 N–H and O–H groups in total. The molecule has 0 radical (unpaired) electrons. The summed E-state index contributed by atoms with van der Waals surface area (Å²) in [7, 11) is -1.14. The number of carbonyl (C=O) groups is 2. The lowest BCUT2D eigenvalue weighted by Gasteiger charge is -2.31. The number of halogens is 1. The van der Waals surface area contributed by atoms with E-state index >= 15 is 0 Å². The molecule has 0 fully saturated rings. The fourth-order valence-electron chi connectivity index (χ4n) is 4.20. The van der Waals surface area contributed by atoms with Gasteiger partial charge in [0.15, 0.2) is 6.79 Å². The molecule has 2 aromatic rings. The molecular formula is C34H50ClNO7Si. The zero-order valence-electron chi connectivity index (χ0n) is 28.0. The Morgan fingerprint density at radius 1 is 1.00 bits per heavy atom. The molecular weight excluding hydrogens is 598 g/mol. The summed E-state index contributed by atoms with van der Waals surface area (Å²) in [5, 5.41) is 0.567. The molecule has 0 spiro atoms. The molecule has 0 heterocycles. The van der Waals surface area contributed by atoms with E-state index < -0.39 is 13.7 Å². The van der Waals surface area contributed by atoms with Gasteiger partial charge in [-0.2, -0.15) is 9.59 Å². The van der Waals surface area contributed by atoms with Gasteiger partial charge in [0.05, 0.1) is 5.56 Å². The van der Waals surface area contributed by atoms with E-state index in [4.69, 9.17) is 35.4 Å². The van der Waals surface area contributed by atoms with E-state index in [1.54, 1.807) is 12.1 Å². The van der Waals surface area contributed by atoms with Gasteiger partial charge in [-0.15, -0.1) is 0 Å². The van der Waals surface area contributed by atoms with Crippen molar-refractivity contribution in [1.29, 1.82) is 0 Å². The number of esters is 1. The van der Waals surface area contributed by atoms with Crippen molar-refractivity contribution in [2.45, 2.75) is 98.6 Å². The maximum absolute atomic E-state index is 13.6. The lowest BCUT2D eigenvalue weighted by atomic mass is 9.93. The predicted octanol–water partition coefficient (Wildman–Crippen LogP) is 7.97. The summed E-state index contributed by atoms with van der Waals surface area (Å²) in [5.74, 6) is 0.210. The SMILES string of the molecule is CC(CC(=O)N(Cc1cccc(C(=O)OC(C)(C)C)c1)CC(C)(C)C)c1ccc(OCOCC[Si](C)(C)C)cc1Cl.O=C=O. The highest BCUT2D eigenvalue weighted by molar-refractivity contribution is 6.76. The quantitative estimate of drug-likeness (QED) is 0.0941. The van der Waals surface area contributed by atoms with Crippen LogP contribution < -0.4 is 4.74 Å². The van der Waals surface area contributed by atoms with Crippen LogP contribution in [0.5, 0.6) is 5.75 Å². The average Bonchev–Trinajstić information content (AvgIpc) is 2.86. The molecule has 8 nitrogen and oxygen atoms in total. The van der Waals surface area contributed by atoms with Crippen LogP contribution in [0.4, 0.5) is 0 Å². The monoisotopic (exact) mass is 647 g/mol. The van der Waals surface area contributed by atoms with Crippen LogP contribution in [-0.4, -0.2) is 56.5 Å². The molecule has 0 aromatic heterocycles. The minimum absolute atomic E-state index is 0.0299. The van der Waals surface area contributed by atoms with Crippen molar-refractivity contribution in [3.63, 3.8) is 0 Å². The number of amides is 1. The minimum atomic E-state index is -1.14. The fourth-order valence-corrected chi connectivity index (χ4v) is 5.32. The summed E-state index contributed by atoms with van der Waals surface area (Å²) < 4.78 is 16.9. The van der Waals surface area contributed by atoms with E-state index in [0.29, 0.717) is 42.5 Å². The molecule has 0 bridgehead atoms. The topological polar surface area (TPSA) is 99.2 Å². The zero-order valence-corrected chi connectivity index (χ0v) is 29.8. The Hall–Kier alpha value is -2.97. The van der Waals surface area contributed by atoms with Crippen molar-refractivity contribution >= 4 is 37.7 Å². The van der Waals surface area contributed by atoms with Crippen molar-refractivity contribution in [3.8, 4) is 5.75 Å². The lowest BCUT2D eigenvalue weighted by Crippen LogP contribution is -2.37. The molecule has 44 heavy (non-hydrogen) atoms. The van der Waals surface area contributed by atoms with Crippen LogP contribution in [-0.2, 0) is 30.4 Å². The molecule has 1 amide bonds. The molecule has 10 heteroatoms. The molecule has 0 saturated heterocycles. The third-order valence-electron chi connectivity index (χ3n) is 6.24. The van der Waals surface area contributed by atoms with Crippen molar-refractivity contribution in [3.05, 3.63) is 64.2 Å². The highest BCUT2D eigenvalue weighted by Gasteiger charge is 2.25. The van der Waals surface area contributed by atoms with E-state index in [2.05, 4.69) is 40.4 Å². The first-order chi connectivity index (χ1) is 20.2. The number of rotatable bonds is 13. The maximum atomic E-state index is 13.6. The van der Waals surface area contributed by atoms with Crippen LogP contribution in [0, 0.1) is 5.41 Å². The van der Waals surface area contributed by atoms with Gasteiger partial charge in [-0.05, 0) is 73.5 Å². The Morgan fingerprint density at radius 2 is 1.64 bits per heavy atom. The molecule has 1 atom stereocenters. The first-order valence-corrected chi connectivity index (χ1v) is 18.9. The molecule has 0 aliphatic heterocycles. The number of ether oxygens (including phenoxy) is 3. The summed E-state index contributed by atoms with van der Waals surface area (Å²) in [4.78, 5) is 44.4. The molecule has 0 aliphatic rings. The highest BCUT2D eigenvalue weighted by atomic mass is 35.5. The van der Waals surface area contributed by atoms with Crippen LogP contribution in [0.2, 0.25) is 30.7 Å². The van der Waals surface area contributed by atoms with E-state index in [1.807, 2.05) is 62.9 Å². The van der Waals surface area contributed by atoms with Gasteiger partial charge in [-0.25, -0.2) is 4.79 Å². The third-order valence-corrected chi connectivity index (χ3v) is 8.27. The second-order valence-corrected chi connectivity index (χ2v) is 20.4. The molecule has 0 saturated carbocycles. The number of carbonyl (C=O) groups excluding carboxylic acids is 4. The molecule has 2 aromatic carbocycles. The van der Waals surface area contributed by atoms with Gasteiger partial charge in [0.25, 0.3) is 0 Å². The van der Waals surface area contributed by atoms with E-state index in [9.17, 15) is 9.59 Å². The van der Waals surface area contributed by atoms with Gasteiger partial charge in [0, 0.05) is 39.2 Å². The van der Waals surface area contributed by atoms with Crippen LogP contribution in [0.15, 0.2) is 42.5 Å². The summed E-state index contributed by atoms with van der Waals surface area (Å²) in [6, 6.07) is 14.0.